The van der Waals surface area contributed by atoms with E-state index in [2.05, 4.69) is 38.8 Å². The topological polar surface area (TPSA) is 80.0 Å². The standard InChI is InChI=1S/C16H23N7O/c1-12(2)16-19-13(3)8-14(20-16)21-4-6-22(7-5-21)15(24)9-23-11-17-10-18-23/h8,10-12H,4-7,9H2,1-3H3. The molecule has 2 aromatic heterocycles. The maximum Gasteiger partial charge on any atom is 0.244 e. The minimum Gasteiger partial charge on any atom is -0.353 e. The van der Waals surface area contributed by atoms with Crippen LogP contribution in [0.15, 0.2) is 18.7 Å². The predicted molar refractivity (Wildman–Crippen MR) is 89.7 cm³/mol. The van der Waals surface area contributed by atoms with Gasteiger partial charge in [0.05, 0.1) is 0 Å². The number of piperazine rings is 1. The lowest BCUT2D eigenvalue weighted by Crippen LogP contribution is -2.50. The zero-order valence-corrected chi connectivity index (χ0v) is 14.4. The smallest absolute Gasteiger partial charge is 0.244 e. The normalized spacial score (nSPS) is 15.2. The molecule has 0 spiro atoms. The summed E-state index contributed by atoms with van der Waals surface area (Å²) in [5.74, 6) is 2.19. The number of anilines is 1. The fourth-order valence-electron chi connectivity index (χ4n) is 2.73. The quantitative estimate of drug-likeness (QED) is 0.827. The van der Waals surface area contributed by atoms with Crippen molar-refractivity contribution in [1.29, 1.82) is 0 Å². The Morgan fingerprint density at radius 2 is 1.96 bits per heavy atom. The van der Waals surface area contributed by atoms with Crippen LogP contribution in [-0.4, -0.2) is 61.7 Å². The van der Waals surface area contributed by atoms with Crippen molar-refractivity contribution in [1.82, 2.24) is 29.6 Å². The van der Waals surface area contributed by atoms with Crippen LogP contribution >= 0.6 is 0 Å². The van der Waals surface area contributed by atoms with Gasteiger partial charge in [0.15, 0.2) is 0 Å². The molecule has 1 saturated heterocycles. The number of hydrogen-bond acceptors (Lipinski definition) is 6. The van der Waals surface area contributed by atoms with Crippen LogP contribution in [0.3, 0.4) is 0 Å². The van der Waals surface area contributed by atoms with Crippen molar-refractivity contribution in [3.63, 3.8) is 0 Å². The summed E-state index contributed by atoms with van der Waals surface area (Å²) < 4.78 is 1.55. The van der Waals surface area contributed by atoms with Gasteiger partial charge >= 0.3 is 0 Å². The summed E-state index contributed by atoms with van der Waals surface area (Å²) in [6.07, 6.45) is 3.00. The number of rotatable bonds is 4. The molecule has 2 aromatic rings. The molecule has 0 atom stereocenters. The highest BCUT2D eigenvalue weighted by Crippen LogP contribution is 2.18. The Labute approximate surface area is 141 Å². The van der Waals surface area contributed by atoms with E-state index in [-0.39, 0.29) is 12.5 Å². The molecule has 128 valence electrons. The third kappa shape index (κ3) is 3.69. The number of amides is 1. The van der Waals surface area contributed by atoms with Gasteiger partial charge in [0.2, 0.25) is 5.91 Å². The average molecular weight is 329 g/mol. The van der Waals surface area contributed by atoms with Crippen LogP contribution in [0.4, 0.5) is 5.82 Å². The SMILES string of the molecule is Cc1cc(N2CCN(C(=O)Cn3cncn3)CC2)nc(C(C)C)n1. The Balaban J connectivity index is 1.61. The molecular weight excluding hydrogens is 306 g/mol. The summed E-state index contributed by atoms with van der Waals surface area (Å²) in [7, 11) is 0. The molecule has 0 unspecified atom stereocenters. The van der Waals surface area contributed by atoms with Crippen LogP contribution in [0.2, 0.25) is 0 Å². The van der Waals surface area contributed by atoms with E-state index in [1.165, 1.54) is 6.33 Å². The Hall–Kier alpha value is -2.51. The molecule has 0 aliphatic carbocycles. The zero-order valence-electron chi connectivity index (χ0n) is 14.4. The Bertz CT molecular complexity index is 690. The molecular formula is C16H23N7O. The molecule has 1 amide bonds. The summed E-state index contributed by atoms with van der Waals surface area (Å²) in [5, 5.41) is 3.98. The lowest BCUT2D eigenvalue weighted by atomic mass is 10.2. The van der Waals surface area contributed by atoms with Gasteiger partial charge in [-0.2, -0.15) is 5.10 Å². The fraction of sp³-hybridized carbons (Fsp3) is 0.562. The highest BCUT2D eigenvalue weighted by atomic mass is 16.2. The molecule has 0 bridgehead atoms. The first-order valence-corrected chi connectivity index (χ1v) is 8.23. The first kappa shape index (κ1) is 16.4. The second-order valence-electron chi connectivity index (χ2n) is 6.34. The summed E-state index contributed by atoms with van der Waals surface area (Å²) >= 11 is 0. The van der Waals surface area contributed by atoms with Crippen molar-refractivity contribution in [2.45, 2.75) is 33.2 Å². The third-order valence-electron chi connectivity index (χ3n) is 4.09. The molecule has 0 saturated carbocycles. The van der Waals surface area contributed by atoms with Gasteiger partial charge in [-0.25, -0.2) is 19.6 Å². The Morgan fingerprint density at radius 1 is 1.21 bits per heavy atom. The van der Waals surface area contributed by atoms with Crippen LogP contribution in [-0.2, 0) is 11.3 Å². The number of aryl methyl sites for hydroxylation is 1. The van der Waals surface area contributed by atoms with Crippen molar-refractivity contribution >= 4 is 11.7 Å². The first-order valence-electron chi connectivity index (χ1n) is 8.23. The van der Waals surface area contributed by atoms with Gasteiger partial charge in [-0.15, -0.1) is 0 Å². The summed E-state index contributed by atoms with van der Waals surface area (Å²) in [4.78, 5) is 29.4. The lowest BCUT2D eigenvalue weighted by Gasteiger charge is -2.35. The van der Waals surface area contributed by atoms with Gasteiger partial charge in [-0.3, -0.25) is 4.79 Å². The largest absolute Gasteiger partial charge is 0.353 e. The number of carbonyl (C=O) groups is 1. The molecule has 0 radical (unpaired) electrons. The molecule has 24 heavy (non-hydrogen) atoms. The van der Waals surface area contributed by atoms with Crippen molar-refractivity contribution in [2.24, 2.45) is 0 Å². The van der Waals surface area contributed by atoms with Crippen LogP contribution in [0, 0.1) is 6.92 Å². The van der Waals surface area contributed by atoms with E-state index in [4.69, 9.17) is 0 Å². The van der Waals surface area contributed by atoms with Gasteiger partial charge < -0.3 is 9.80 Å². The monoisotopic (exact) mass is 329 g/mol. The first-order chi connectivity index (χ1) is 11.5. The second kappa shape index (κ2) is 6.94. The molecule has 3 rings (SSSR count). The van der Waals surface area contributed by atoms with E-state index in [0.29, 0.717) is 19.0 Å². The summed E-state index contributed by atoms with van der Waals surface area (Å²) in [5.41, 5.74) is 0.980. The minimum atomic E-state index is 0.0712. The third-order valence-corrected chi connectivity index (χ3v) is 4.09. The van der Waals surface area contributed by atoms with Crippen LogP contribution < -0.4 is 4.90 Å². The number of aromatic nitrogens is 5. The van der Waals surface area contributed by atoms with Gasteiger partial charge in [-0.05, 0) is 6.92 Å². The van der Waals surface area contributed by atoms with Gasteiger partial charge in [-0.1, -0.05) is 13.8 Å². The van der Waals surface area contributed by atoms with Gasteiger partial charge in [0.1, 0.15) is 30.8 Å². The van der Waals surface area contributed by atoms with Gasteiger partial charge in [0.25, 0.3) is 0 Å². The number of hydrogen-bond donors (Lipinski definition) is 0. The van der Waals surface area contributed by atoms with E-state index in [1.807, 2.05) is 17.9 Å². The van der Waals surface area contributed by atoms with Crippen LogP contribution in [0.25, 0.3) is 0 Å². The van der Waals surface area contributed by atoms with Crippen molar-refractivity contribution < 1.29 is 4.79 Å². The Morgan fingerprint density at radius 3 is 2.58 bits per heavy atom. The molecule has 1 fully saturated rings. The number of carbonyl (C=O) groups excluding carboxylic acids is 1. The van der Waals surface area contributed by atoms with Crippen molar-refractivity contribution in [3.8, 4) is 0 Å². The summed E-state index contributed by atoms with van der Waals surface area (Å²) in [6.45, 7) is 9.35. The van der Waals surface area contributed by atoms with E-state index < -0.39 is 0 Å². The molecule has 1 aliphatic heterocycles. The average Bonchev–Trinajstić information content (AvgIpc) is 3.07. The highest BCUT2D eigenvalue weighted by Gasteiger charge is 2.23. The molecule has 8 heteroatoms. The van der Waals surface area contributed by atoms with E-state index in [1.54, 1.807) is 11.0 Å². The molecule has 0 N–H and O–H groups in total. The second-order valence-corrected chi connectivity index (χ2v) is 6.34. The molecule has 0 aromatic carbocycles. The van der Waals surface area contributed by atoms with Gasteiger partial charge in [0, 0.05) is 43.9 Å². The van der Waals surface area contributed by atoms with Crippen molar-refractivity contribution in [3.05, 3.63) is 30.2 Å². The molecule has 1 aliphatic rings. The summed E-state index contributed by atoms with van der Waals surface area (Å²) in [6, 6.07) is 2.01. The van der Waals surface area contributed by atoms with Crippen molar-refractivity contribution in [2.75, 3.05) is 31.1 Å². The zero-order chi connectivity index (χ0) is 17.1. The lowest BCUT2D eigenvalue weighted by molar-refractivity contribution is -0.132. The predicted octanol–water partition coefficient (Wildman–Crippen LogP) is 0.849. The Kier molecular flexibility index (Phi) is 4.73. The van der Waals surface area contributed by atoms with E-state index >= 15 is 0 Å². The molecule has 8 nitrogen and oxygen atoms in total. The maximum atomic E-state index is 12.3. The van der Waals surface area contributed by atoms with Crippen LogP contribution in [0.5, 0.6) is 0 Å². The molecule has 3 heterocycles. The fourth-order valence-corrected chi connectivity index (χ4v) is 2.73. The highest BCUT2D eigenvalue weighted by molar-refractivity contribution is 5.76. The van der Waals surface area contributed by atoms with E-state index in [0.717, 1.165) is 30.4 Å². The maximum absolute atomic E-state index is 12.3. The number of nitrogens with zero attached hydrogens (tertiary/aromatic N) is 7. The van der Waals surface area contributed by atoms with Crippen LogP contribution in [0.1, 0.15) is 31.3 Å². The minimum absolute atomic E-state index is 0.0712. The van der Waals surface area contributed by atoms with E-state index in [9.17, 15) is 4.79 Å².